The molecule has 0 spiro atoms. The zero-order valence-electron chi connectivity index (χ0n) is 10.1. The van der Waals surface area contributed by atoms with Gasteiger partial charge in [-0.1, -0.05) is 22.0 Å². The van der Waals surface area contributed by atoms with E-state index in [2.05, 4.69) is 26.6 Å². The number of halogens is 3. The fourth-order valence-electron chi connectivity index (χ4n) is 2.14. The van der Waals surface area contributed by atoms with E-state index >= 15 is 0 Å². The van der Waals surface area contributed by atoms with Crippen LogP contribution in [0, 0.1) is 11.6 Å². The van der Waals surface area contributed by atoms with E-state index < -0.39 is 17.7 Å². The van der Waals surface area contributed by atoms with Crippen molar-refractivity contribution in [2.24, 2.45) is 0 Å². The Bertz CT molecular complexity index is 706. The molecule has 3 nitrogen and oxygen atoms in total. The largest absolute Gasteiger partial charge is 0.368 e. The van der Waals surface area contributed by atoms with E-state index in [0.717, 1.165) is 22.2 Å². The minimum Gasteiger partial charge on any atom is -0.368 e. The number of hydrogen-bond donors (Lipinski definition) is 2. The first-order chi connectivity index (χ1) is 9.54. The van der Waals surface area contributed by atoms with Gasteiger partial charge in [-0.3, -0.25) is 4.79 Å². The van der Waals surface area contributed by atoms with Gasteiger partial charge >= 0.3 is 0 Å². The second kappa shape index (κ2) is 4.86. The van der Waals surface area contributed by atoms with Crippen molar-refractivity contribution in [3.05, 3.63) is 58.1 Å². The number of rotatable bonds is 2. The van der Waals surface area contributed by atoms with Crippen molar-refractivity contribution in [1.82, 2.24) is 0 Å². The van der Waals surface area contributed by atoms with Crippen LogP contribution in [0.3, 0.4) is 0 Å². The third-order valence-electron chi connectivity index (χ3n) is 3.08. The number of amides is 1. The first kappa shape index (κ1) is 13.1. The minimum absolute atomic E-state index is 0.0855. The molecular formula is C14H9BrF2N2O. The van der Waals surface area contributed by atoms with Crippen LogP contribution in [0.25, 0.3) is 0 Å². The molecule has 2 aromatic rings. The highest BCUT2D eigenvalue weighted by molar-refractivity contribution is 9.10. The van der Waals surface area contributed by atoms with Gasteiger partial charge in [0.15, 0.2) is 0 Å². The first-order valence-electron chi connectivity index (χ1n) is 5.86. The van der Waals surface area contributed by atoms with Crippen molar-refractivity contribution in [1.29, 1.82) is 0 Å². The SMILES string of the molecule is O=C1Nc2cc(Br)ccc2C1Nc1ccc(F)cc1F. The van der Waals surface area contributed by atoms with Gasteiger partial charge in [-0.2, -0.15) is 0 Å². The Morgan fingerprint density at radius 1 is 1.15 bits per heavy atom. The summed E-state index contributed by atoms with van der Waals surface area (Å²) in [6, 6.07) is 7.84. The van der Waals surface area contributed by atoms with Crippen LogP contribution in [0.2, 0.25) is 0 Å². The molecule has 0 radical (unpaired) electrons. The number of nitrogens with one attached hydrogen (secondary N) is 2. The number of carbonyl (C=O) groups excluding carboxylic acids is 1. The van der Waals surface area contributed by atoms with Crippen LogP contribution in [0.5, 0.6) is 0 Å². The third-order valence-corrected chi connectivity index (χ3v) is 3.57. The Labute approximate surface area is 122 Å². The van der Waals surface area contributed by atoms with Gasteiger partial charge in [-0.05, 0) is 24.3 Å². The van der Waals surface area contributed by atoms with E-state index in [4.69, 9.17) is 0 Å². The van der Waals surface area contributed by atoms with Crippen molar-refractivity contribution in [2.75, 3.05) is 10.6 Å². The van der Waals surface area contributed by atoms with Crippen molar-refractivity contribution >= 4 is 33.2 Å². The van der Waals surface area contributed by atoms with Crippen LogP contribution in [0.1, 0.15) is 11.6 Å². The summed E-state index contributed by atoms with van der Waals surface area (Å²) in [4.78, 5) is 11.9. The standard InChI is InChI=1S/C14H9BrF2N2O/c15-7-1-3-9-12(5-7)19-14(20)13(9)18-11-4-2-8(16)6-10(11)17/h1-6,13,18H,(H,19,20). The fraction of sp³-hybridized carbons (Fsp3) is 0.0714. The second-order valence-electron chi connectivity index (χ2n) is 4.42. The Morgan fingerprint density at radius 3 is 2.70 bits per heavy atom. The van der Waals surface area contributed by atoms with Gasteiger partial charge in [-0.15, -0.1) is 0 Å². The van der Waals surface area contributed by atoms with Crippen LogP contribution in [0.4, 0.5) is 20.2 Å². The van der Waals surface area contributed by atoms with Gasteiger partial charge in [0.25, 0.3) is 5.91 Å². The smallest absolute Gasteiger partial charge is 0.251 e. The molecule has 1 aliphatic heterocycles. The van der Waals surface area contributed by atoms with Gasteiger partial charge in [0, 0.05) is 21.8 Å². The molecule has 3 rings (SSSR count). The molecule has 0 aliphatic carbocycles. The lowest BCUT2D eigenvalue weighted by atomic mass is 10.1. The fourth-order valence-corrected chi connectivity index (χ4v) is 2.50. The van der Waals surface area contributed by atoms with Crippen LogP contribution in [-0.2, 0) is 4.79 Å². The van der Waals surface area contributed by atoms with Gasteiger partial charge in [-0.25, -0.2) is 8.78 Å². The summed E-state index contributed by atoms with van der Waals surface area (Å²) in [6.07, 6.45) is 0. The minimum atomic E-state index is -0.733. The summed E-state index contributed by atoms with van der Waals surface area (Å²) in [6.45, 7) is 0. The molecule has 1 unspecified atom stereocenters. The Morgan fingerprint density at radius 2 is 1.95 bits per heavy atom. The molecule has 1 atom stereocenters. The number of fused-ring (bicyclic) bond motifs is 1. The normalized spacial score (nSPS) is 16.8. The van der Waals surface area contributed by atoms with E-state index in [0.29, 0.717) is 5.69 Å². The predicted molar refractivity (Wildman–Crippen MR) is 75.5 cm³/mol. The van der Waals surface area contributed by atoms with E-state index in [1.165, 1.54) is 6.07 Å². The zero-order valence-corrected chi connectivity index (χ0v) is 11.7. The summed E-state index contributed by atoms with van der Waals surface area (Å²) >= 11 is 3.32. The Balaban J connectivity index is 1.94. The molecule has 20 heavy (non-hydrogen) atoms. The molecule has 2 aromatic carbocycles. The molecule has 0 aromatic heterocycles. The zero-order chi connectivity index (χ0) is 14.3. The van der Waals surface area contributed by atoms with Crippen molar-refractivity contribution in [2.45, 2.75) is 6.04 Å². The molecule has 0 saturated carbocycles. The summed E-state index contributed by atoms with van der Waals surface area (Å²) < 4.78 is 27.3. The predicted octanol–water partition coefficient (Wildman–Crippen LogP) is 3.83. The maximum Gasteiger partial charge on any atom is 0.251 e. The number of carbonyl (C=O) groups is 1. The van der Waals surface area contributed by atoms with Crippen molar-refractivity contribution < 1.29 is 13.6 Å². The van der Waals surface area contributed by atoms with Crippen LogP contribution < -0.4 is 10.6 Å². The van der Waals surface area contributed by atoms with E-state index in [9.17, 15) is 13.6 Å². The molecule has 2 N–H and O–H groups in total. The average Bonchev–Trinajstić information content (AvgIpc) is 2.68. The average molecular weight is 339 g/mol. The molecule has 0 bridgehead atoms. The molecular weight excluding hydrogens is 330 g/mol. The maximum atomic E-state index is 13.6. The van der Waals surface area contributed by atoms with Gasteiger partial charge in [0.05, 0.1) is 5.69 Å². The highest BCUT2D eigenvalue weighted by atomic mass is 79.9. The van der Waals surface area contributed by atoms with E-state index in [1.54, 1.807) is 18.2 Å². The quantitative estimate of drug-likeness (QED) is 0.873. The van der Waals surface area contributed by atoms with Gasteiger partial charge < -0.3 is 10.6 Å². The van der Waals surface area contributed by atoms with Gasteiger partial charge in [0.2, 0.25) is 0 Å². The molecule has 1 aliphatic rings. The maximum absolute atomic E-state index is 13.6. The molecule has 102 valence electrons. The summed E-state index contributed by atoms with van der Waals surface area (Å²) in [5.41, 5.74) is 1.48. The molecule has 1 heterocycles. The van der Waals surface area contributed by atoms with E-state index in [1.807, 2.05) is 0 Å². The monoisotopic (exact) mass is 338 g/mol. The number of anilines is 2. The summed E-state index contributed by atoms with van der Waals surface area (Å²) in [7, 11) is 0. The molecule has 6 heteroatoms. The van der Waals surface area contributed by atoms with Gasteiger partial charge in [0.1, 0.15) is 17.7 Å². The number of hydrogen-bond acceptors (Lipinski definition) is 2. The second-order valence-corrected chi connectivity index (χ2v) is 5.34. The van der Waals surface area contributed by atoms with Crippen LogP contribution in [0.15, 0.2) is 40.9 Å². The Kier molecular flexibility index (Phi) is 3.17. The molecule has 1 amide bonds. The molecule has 0 saturated heterocycles. The van der Waals surface area contributed by atoms with Crippen LogP contribution >= 0.6 is 15.9 Å². The summed E-state index contributed by atoms with van der Waals surface area (Å²) in [5, 5.41) is 5.50. The molecule has 0 fully saturated rings. The van der Waals surface area contributed by atoms with Crippen LogP contribution in [-0.4, -0.2) is 5.91 Å². The third kappa shape index (κ3) is 2.27. The lowest BCUT2D eigenvalue weighted by molar-refractivity contribution is -0.116. The topological polar surface area (TPSA) is 41.1 Å². The van der Waals surface area contributed by atoms with E-state index in [-0.39, 0.29) is 11.6 Å². The first-order valence-corrected chi connectivity index (χ1v) is 6.66. The lowest BCUT2D eigenvalue weighted by Crippen LogP contribution is -2.20. The lowest BCUT2D eigenvalue weighted by Gasteiger charge is -2.13. The highest BCUT2D eigenvalue weighted by Gasteiger charge is 2.31. The summed E-state index contributed by atoms with van der Waals surface area (Å²) in [5.74, 6) is -1.67. The van der Waals surface area contributed by atoms with Crippen molar-refractivity contribution in [3.8, 4) is 0 Å². The number of benzene rings is 2. The highest BCUT2D eigenvalue weighted by Crippen LogP contribution is 2.35. The Hall–Kier alpha value is -1.95. The van der Waals surface area contributed by atoms with Crippen molar-refractivity contribution in [3.63, 3.8) is 0 Å².